The van der Waals surface area contributed by atoms with Gasteiger partial charge >= 0.3 is 0 Å². The summed E-state index contributed by atoms with van der Waals surface area (Å²) in [5, 5.41) is 3.32. The van der Waals surface area contributed by atoms with Gasteiger partial charge in [-0.25, -0.2) is 8.42 Å². The van der Waals surface area contributed by atoms with Gasteiger partial charge in [0.2, 0.25) is 0 Å². The number of sulfone groups is 1. The van der Waals surface area contributed by atoms with E-state index >= 15 is 0 Å². The zero-order valence-corrected chi connectivity index (χ0v) is 12.9. The molecule has 5 heteroatoms. The molecule has 1 N–H and O–H groups in total. The first kappa shape index (κ1) is 16.9. The van der Waals surface area contributed by atoms with E-state index in [9.17, 15) is 8.42 Å². The SMILES string of the molecule is CNC(CCN(C)CCS(C)(=O)=O)C(C)(C)C. The number of nitrogens with one attached hydrogen (secondary N) is 1. The Kier molecular flexibility index (Phi) is 6.66. The molecule has 0 aliphatic heterocycles. The highest BCUT2D eigenvalue weighted by molar-refractivity contribution is 7.90. The topological polar surface area (TPSA) is 49.4 Å². The van der Waals surface area contributed by atoms with Crippen LogP contribution in [-0.2, 0) is 9.84 Å². The molecule has 0 radical (unpaired) electrons. The van der Waals surface area contributed by atoms with Gasteiger partial charge < -0.3 is 10.2 Å². The van der Waals surface area contributed by atoms with E-state index in [0.717, 1.165) is 13.0 Å². The summed E-state index contributed by atoms with van der Waals surface area (Å²) < 4.78 is 22.1. The van der Waals surface area contributed by atoms with Gasteiger partial charge in [0.1, 0.15) is 9.84 Å². The van der Waals surface area contributed by atoms with Crippen molar-refractivity contribution in [2.75, 3.05) is 39.2 Å². The maximum absolute atomic E-state index is 11.1. The van der Waals surface area contributed by atoms with Gasteiger partial charge in [-0.15, -0.1) is 0 Å². The second-order valence-electron chi connectivity index (χ2n) is 5.93. The van der Waals surface area contributed by atoms with E-state index < -0.39 is 9.84 Å². The summed E-state index contributed by atoms with van der Waals surface area (Å²) in [6.45, 7) is 8.16. The molecule has 0 spiro atoms. The Bertz CT molecular complexity index is 307. The molecule has 0 amide bonds. The van der Waals surface area contributed by atoms with Crippen molar-refractivity contribution in [1.29, 1.82) is 0 Å². The second-order valence-corrected chi connectivity index (χ2v) is 8.19. The lowest BCUT2D eigenvalue weighted by molar-refractivity contribution is 0.234. The fraction of sp³-hybridized carbons (Fsp3) is 1.00. The van der Waals surface area contributed by atoms with Crippen LogP contribution in [0.15, 0.2) is 0 Å². The van der Waals surface area contributed by atoms with Gasteiger partial charge in [0.25, 0.3) is 0 Å². The number of rotatable bonds is 7. The summed E-state index contributed by atoms with van der Waals surface area (Å²) in [6, 6.07) is 0.447. The quantitative estimate of drug-likeness (QED) is 0.745. The van der Waals surface area contributed by atoms with Gasteiger partial charge in [-0.2, -0.15) is 0 Å². The minimum Gasteiger partial charge on any atom is -0.316 e. The summed E-state index contributed by atoms with van der Waals surface area (Å²) in [6.07, 6.45) is 2.31. The fourth-order valence-corrected chi connectivity index (χ4v) is 2.44. The van der Waals surface area contributed by atoms with Crippen molar-refractivity contribution in [3.05, 3.63) is 0 Å². The third-order valence-corrected chi connectivity index (χ3v) is 3.96. The fourth-order valence-electron chi connectivity index (χ4n) is 1.79. The molecule has 0 saturated carbocycles. The van der Waals surface area contributed by atoms with Crippen molar-refractivity contribution in [1.82, 2.24) is 10.2 Å². The van der Waals surface area contributed by atoms with E-state index in [0.29, 0.717) is 12.6 Å². The predicted molar refractivity (Wildman–Crippen MR) is 74.1 cm³/mol. The number of hydrogen-bond donors (Lipinski definition) is 1. The Morgan fingerprint density at radius 2 is 1.76 bits per heavy atom. The predicted octanol–water partition coefficient (Wildman–Crippen LogP) is 0.987. The van der Waals surface area contributed by atoms with Crippen LogP contribution in [0.1, 0.15) is 27.2 Å². The normalized spacial score (nSPS) is 15.2. The molecule has 0 rings (SSSR count). The van der Waals surface area contributed by atoms with Gasteiger partial charge in [-0.1, -0.05) is 20.8 Å². The molecule has 0 saturated heterocycles. The molecule has 17 heavy (non-hydrogen) atoms. The van der Waals surface area contributed by atoms with Crippen molar-refractivity contribution >= 4 is 9.84 Å². The van der Waals surface area contributed by atoms with E-state index in [4.69, 9.17) is 0 Å². The molecular formula is C12H28N2O2S. The minimum atomic E-state index is -2.85. The minimum absolute atomic E-state index is 0.229. The van der Waals surface area contributed by atoms with Gasteiger partial charge in [-0.3, -0.25) is 0 Å². The van der Waals surface area contributed by atoms with Crippen molar-refractivity contribution in [2.45, 2.75) is 33.2 Å². The van der Waals surface area contributed by atoms with Crippen LogP contribution in [0.3, 0.4) is 0 Å². The van der Waals surface area contributed by atoms with Crippen LogP contribution in [0.25, 0.3) is 0 Å². The van der Waals surface area contributed by atoms with Gasteiger partial charge in [0, 0.05) is 18.8 Å². The third-order valence-electron chi connectivity index (χ3n) is 3.04. The summed E-state index contributed by atoms with van der Waals surface area (Å²) in [7, 11) is 1.10. The maximum Gasteiger partial charge on any atom is 0.148 e. The van der Waals surface area contributed by atoms with Gasteiger partial charge in [-0.05, 0) is 32.5 Å². The monoisotopic (exact) mass is 264 g/mol. The molecule has 0 bridgehead atoms. The molecule has 4 nitrogen and oxygen atoms in total. The van der Waals surface area contributed by atoms with Crippen LogP contribution in [0.5, 0.6) is 0 Å². The van der Waals surface area contributed by atoms with E-state index in [2.05, 4.69) is 31.0 Å². The Hall–Kier alpha value is -0.130. The molecule has 0 aromatic heterocycles. The van der Waals surface area contributed by atoms with Crippen LogP contribution in [0.2, 0.25) is 0 Å². The highest BCUT2D eigenvalue weighted by Crippen LogP contribution is 2.21. The molecule has 0 aliphatic carbocycles. The van der Waals surface area contributed by atoms with Crippen LogP contribution in [-0.4, -0.2) is 58.6 Å². The molecule has 1 unspecified atom stereocenters. The smallest absolute Gasteiger partial charge is 0.148 e. The van der Waals surface area contributed by atoms with E-state index in [1.54, 1.807) is 0 Å². The Morgan fingerprint density at radius 1 is 1.24 bits per heavy atom. The molecule has 0 aromatic carbocycles. The zero-order valence-electron chi connectivity index (χ0n) is 12.1. The number of hydrogen-bond acceptors (Lipinski definition) is 4. The van der Waals surface area contributed by atoms with Crippen molar-refractivity contribution < 1.29 is 8.42 Å². The summed E-state index contributed by atoms with van der Waals surface area (Å²) in [5.74, 6) is 0.239. The highest BCUT2D eigenvalue weighted by Gasteiger charge is 2.22. The first-order valence-electron chi connectivity index (χ1n) is 6.10. The van der Waals surface area contributed by atoms with Crippen molar-refractivity contribution in [3.63, 3.8) is 0 Å². The molecular weight excluding hydrogens is 236 g/mol. The molecule has 0 aromatic rings. The van der Waals surface area contributed by atoms with Gasteiger partial charge in [0.05, 0.1) is 5.75 Å². The van der Waals surface area contributed by atoms with Crippen LogP contribution >= 0.6 is 0 Å². The first-order chi connectivity index (χ1) is 7.56. The lowest BCUT2D eigenvalue weighted by atomic mass is 9.85. The van der Waals surface area contributed by atoms with E-state index in [1.165, 1.54) is 6.26 Å². The van der Waals surface area contributed by atoms with Crippen molar-refractivity contribution in [3.8, 4) is 0 Å². The van der Waals surface area contributed by atoms with Crippen LogP contribution in [0.4, 0.5) is 0 Å². The molecule has 0 fully saturated rings. The summed E-state index contributed by atoms with van der Waals surface area (Å²) in [5.41, 5.74) is 0.229. The average Bonchev–Trinajstić information content (AvgIpc) is 2.12. The van der Waals surface area contributed by atoms with E-state index in [-0.39, 0.29) is 11.2 Å². The van der Waals surface area contributed by atoms with E-state index in [1.807, 2.05) is 14.1 Å². The Morgan fingerprint density at radius 3 is 2.12 bits per heavy atom. The van der Waals surface area contributed by atoms with Crippen molar-refractivity contribution in [2.24, 2.45) is 5.41 Å². The molecule has 1 atom stereocenters. The molecule has 0 heterocycles. The Balaban J connectivity index is 4.02. The molecule has 0 aliphatic rings. The zero-order chi connectivity index (χ0) is 13.7. The lowest BCUT2D eigenvalue weighted by Crippen LogP contribution is -2.41. The maximum atomic E-state index is 11.1. The summed E-state index contributed by atoms with van der Waals surface area (Å²) in [4.78, 5) is 2.08. The third kappa shape index (κ3) is 8.57. The first-order valence-corrected chi connectivity index (χ1v) is 8.16. The number of nitrogens with zero attached hydrogens (tertiary/aromatic N) is 1. The van der Waals surface area contributed by atoms with Gasteiger partial charge in [0.15, 0.2) is 0 Å². The Labute approximate surface area is 107 Å². The lowest BCUT2D eigenvalue weighted by Gasteiger charge is -2.31. The van der Waals surface area contributed by atoms with Crippen LogP contribution in [0, 0.1) is 5.41 Å². The standard InChI is InChI=1S/C12H28N2O2S/c1-12(2,3)11(13-4)7-8-14(5)9-10-17(6,15)16/h11,13H,7-10H2,1-6H3. The second kappa shape index (κ2) is 6.71. The highest BCUT2D eigenvalue weighted by atomic mass is 32.2. The van der Waals surface area contributed by atoms with Crippen LogP contribution < -0.4 is 5.32 Å². The molecule has 104 valence electrons. The average molecular weight is 264 g/mol. The largest absolute Gasteiger partial charge is 0.316 e. The summed E-state index contributed by atoms with van der Waals surface area (Å²) >= 11 is 0.